The van der Waals surface area contributed by atoms with Crippen LogP contribution in [-0.2, 0) is 4.79 Å². The summed E-state index contributed by atoms with van der Waals surface area (Å²) >= 11 is 7.62. The molecule has 0 saturated heterocycles. The van der Waals surface area contributed by atoms with Gasteiger partial charge in [0.25, 0.3) is 0 Å². The SMILES string of the molecule is CC[C@H](Sc1ccc(Cl)cc1)C(=O)NC12CC3CC(CC(C3)C1)C2. The van der Waals surface area contributed by atoms with Crippen molar-refractivity contribution in [1.29, 1.82) is 0 Å². The Labute approximate surface area is 154 Å². The lowest BCUT2D eigenvalue weighted by Crippen LogP contribution is -2.61. The van der Waals surface area contributed by atoms with Gasteiger partial charge in [0, 0.05) is 15.5 Å². The highest BCUT2D eigenvalue weighted by molar-refractivity contribution is 8.00. The van der Waals surface area contributed by atoms with Gasteiger partial charge in [-0.2, -0.15) is 0 Å². The molecule has 130 valence electrons. The Morgan fingerprint density at radius 2 is 1.71 bits per heavy atom. The van der Waals surface area contributed by atoms with E-state index >= 15 is 0 Å². The zero-order chi connectivity index (χ0) is 16.7. The maximum absolute atomic E-state index is 13.0. The van der Waals surface area contributed by atoms with Crippen LogP contribution in [0.25, 0.3) is 0 Å². The molecule has 1 N–H and O–H groups in total. The molecular weight excluding hydrogens is 338 g/mol. The molecule has 0 aliphatic heterocycles. The second kappa shape index (κ2) is 6.57. The second-order valence-electron chi connectivity index (χ2n) is 8.16. The first-order valence-corrected chi connectivity index (χ1v) is 10.6. The molecule has 0 heterocycles. The summed E-state index contributed by atoms with van der Waals surface area (Å²) in [5, 5.41) is 4.25. The van der Waals surface area contributed by atoms with E-state index in [4.69, 9.17) is 11.6 Å². The van der Waals surface area contributed by atoms with E-state index in [1.165, 1.54) is 38.5 Å². The molecule has 0 aromatic heterocycles. The lowest BCUT2D eigenvalue weighted by molar-refractivity contribution is -0.126. The largest absolute Gasteiger partial charge is 0.350 e. The molecular formula is C20H26ClNOS. The minimum atomic E-state index is -0.0146. The molecule has 4 fully saturated rings. The van der Waals surface area contributed by atoms with Crippen LogP contribution in [0.2, 0.25) is 5.02 Å². The Morgan fingerprint density at radius 1 is 1.17 bits per heavy atom. The summed E-state index contributed by atoms with van der Waals surface area (Å²) in [6, 6.07) is 7.81. The van der Waals surface area contributed by atoms with Crippen molar-refractivity contribution in [3.63, 3.8) is 0 Å². The molecule has 5 rings (SSSR count). The normalized spacial score (nSPS) is 35.0. The van der Waals surface area contributed by atoms with Gasteiger partial charge >= 0.3 is 0 Å². The van der Waals surface area contributed by atoms with E-state index in [0.29, 0.717) is 0 Å². The zero-order valence-corrected chi connectivity index (χ0v) is 15.8. The van der Waals surface area contributed by atoms with Gasteiger partial charge in [-0.15, -0.1) is 11.8 Å². The summed E-state index contributed by atoms with van der Waals surface area (Å²) in [4.78, 5) is 14.1. The molecule has 1 atom stereocenters. The van der Waals surface area contributed by atoms with E-state index < -0.39 is 0 Å². The van der Waals surface area contributed by atoms with E-state index in [1.54, 1.807) is 11.8 Å². The molecule has 0 spiro atoms. The minimum Gasteiger partial charge on any atom is -0.350 e. The summed E-state index contributed by atoms with van der Waals surface area (Å²) in [6.07, 6.45) is 8.72. The molecule has 4 heteroatoms. The number of hydrogen-bond donors (Lipinski definition) is 1. The Morgan fingerprint density at radius 3 is 2.21 bits per heavy atom. The lowest BCUT2D eigenvalue weighted by Gasteiger charge is -2.57. The fourth-order valence-corrected chi connectivity index (χ4v) is 6.69. The first-order valence-electron chi connectivity index (χ1n) is 9.29. The van der Waals surface area contributed by atoms with Gasteiger partial charge in [-0.3, -0.25) is 4.79 Å². The molecule has 1 aromatic carbocycles. The van der Waals surface area contributed by atoms with Gasteiger partial charge in [0.15, 0.2) is 0 Å². The van der Waals surface area contributed by atoms with Crippen LogP contribution in [0.5, 0.6) is 0 Å². The number of hydrogen-bond acceptors (Lipinski definition) is 2. The van der Waals surface area contributed by atoms with Gasteiger partial charge < -0.3 is 5.32 Å². The van der Waals surface area contributed by atoms with Gasteiger partial charge in [0.1, 0.15) is 0 Å². The molecule has 24 heavy (non-hydrogen) atoms. The molecule has 1 amide bonds. The average Bonchev–Trinajstić information content (AvgIpc) is 2.52. The molecule has 4 bridgehead atoms. The van der Waals surface area contributed by atoms with Crippen molar-refractivity contribution in [2.24, 2.45) is 17.8 Å². The van der Waals surface area contributed by atoms with Crippen molar-refractivity contribution in [2.75, 3.05) is 0 Å². The minimum absolute atomic E-state index is 0.0146. The average molecular weight is 364 g/mol. The Kier molecular flexibility index (Phi) is 4.59. The lowest BCUT2D eigenvalue weighted by atomic mass is 9.53. The molecule has 0 radical (unpaired) electrons. The van der Waals surface area contributed by atoms with Gasteiger partial charge in [0.2, 0.25) is 5.91 Å². The predicted molar refractivity (Wildman–Crippen MR) is 100 cm³/mol. The molecule has 1 aromatic rings. The zero-order valence-electron chi connectivity index (χ0n) is 14.3. The smallest absolute Gasteiger partial charge is 0.233 e. The second-order valence-corrected chi connectivity index (χ2v) is 9.87. The number of carbonyl (C=O) groups is 1. The van der Waals surface area contributed by atoms with Crippen LogP contribution in [0.3, 0.4) is 0 Å². The number of halogens is 1. The van der Waals surface area contributed by atoms with E-state index in [0.717, 1.165) is 34.1 Å². The van der Waals surface area contributed by atoms with Crippen LogP contribution in [0.15, 0.2) is 29.2 Å². The standard InChI is InChI=1S/C20H26ClNOS/c1-2-18(24-17-5-3-16(21)4-6-17)19(23)22-20-10-13-7-14(11-20)9-15(8-13)12-20/h3-6,13-15,18H,2,7-12H2,1H3,(H,22,23)/t13?,14?,15?,18-,20?/m0/s1. The van der Waals surface area contributed by atoms with Crippen LogP contribution >= 0.6 is 23.4 Å². The molecule has 0 unspecified atom stereocenters. The highest BCUT2D eigenvalue weighted by Gasteiger charge is 2.51. The van der Waals surface area contributed by atoms with Crippen molar-refractivity contribution in [3.05, 3.63) is 29.3 Å². The summed E-state index contributed by atoms with van der Waals surface area (Å²) in [5.74, 6) is 2.82. The predicted octanol–water partition coefficient (Wildman–Crippen LogP) is 5.30. The number of benzene rings is 1. The highest BCUT2D eigenvalue weighted by Crippen LogP contribution is 2.55. The van der Waals surface area contributed by atoms with Crippen molar-refractivity contribution < 1.29 is 4.79 Å². The maximum Gasteiger partial charge on any atom is 0.233 e. The molecule has 4 aliphatic carbocycles. The summed E-state index contributed by atoms with van der Waals surface area (Å²) in [7, 11) is 0. The van der Waals surface area contributed by atoms with Gasteiger partial charge in [-0.05, 0) is 87.0 Å². The summed E-state index contributed by atoms with van der Waals surface area (Å²) in [6.45, 7) is 2.10. The third kappa shape index (κ3) is 3.35. The monoisotopic (exact) mass is 363 g/mol. The van der Waals surface area contributed by atoms with Crippen LogP contribution in [-0.4, -0.2) is 16.7 Å². The summed E-state index contributed by atoms with van der Waals surface area (Å²) in [5.41, 5.74) is 0.111. The van der Waals surface area contributed by atoms with E-state index in [2.05, 4.69) is 12.2 Å². The van der Waals surface area contributed by atoms with Gasteiger partial charge in [0.05, 0.1) is 5.25 Å². The first-order chi connectivity index (χ1) is 11.5. The molecule has 4 aliphatic rings. The third-order valence-electron chi connectivity index (χ3n) is 6.18. The third-order valence-corrected chi connectivity index (χ3v) is 7.81. The van der Waals surface area contributed by atoms with Crippen LogP contribution in [0.4, 0.5) is 0 Å². The number of amides is 1. The van der Waals surface area contributed by atoms with Crippen molar-refractivity contribution in [1.82, 2.24) is 5.32 Å². The van der Waals surface area contributed by atoms with Gasteiger partial charge in [-0.25, -0.2) is 0 Å². The van der Waals surface area contributed by atoms with E-state index in [-0.39, 0.29) is 16.7 Å². The van der Waals surface area contributed by atoms with Gasteiger partial charge in [-0.1, -0.05) is 18.5 Å². The molecule has 2 nitrogen and oxygen atoms in total. The Balaban J connectivity index is 1.43. The van der Waals surface area contributed by atoms with E-state index in [1.807, 2.05) is 24.3 Å². The maximum atomic E-state index is 13.0. The Hall–Kier alpha value is -0.670. The fraction of sp³-hybridized carbons (Fsp3) is 0.650. The number of thioether (sulfide) groups is 1. The first kappa shape index (κ1) is 16.8. The number of nitrogens with one attached hydrogen (secondary N) is 1. The molecule has 4 saturated carbocycles. The van der Waals surface area contributed by atoms with Crippen molar-refractivity contribution in [3.8, 4) is 0 Å². The summed E-state index contributed by atoms with van der Waals surface area (Å²) < 4.78 is 0. The Bertz CT molecular complexity index is 579. The fourth-order valence-electron chi connectivity index (χ4n) is 5.61. The van der Waals surface area contributed by atoms with Crippen molar-refractivity contribution in [2.45, 2.75) is 67.6 Å². The van der Waals surface area contributed by atoms with Crippen LogP contribution in [0.1, 0.15) is 51.9 Å². The van der Waals surface area contributed by atoms with Crippen LogP contribution in [0, 0.1) is 17.8 Å². The van der Waals surface area contributed by atoms with E-state index in [9.17, 15) is 4.79 Å². The van der Waals surface area contributed by atoms with Crippen LogP contribution < -0.4 is 5.32 Å². The number of rotatable bonds is 5. The highest BCUT2D eigenvalue weighted by atomic mass is 35.5. The number of carbonyl (C=O) groups excluding carboxylic acids is 1. The quantitative estimate of drug-likeness (QED) is 0.719. The topological polar surface area (TPSA) is 29.1 Å². The van der Waals surface area contributed by atoms with Crippen molar-refractivity contribution >= 4 is 29.3 Å².